The molecule has 6 heteroatoms. The van der Waals surface area contributed by atoms with Crippen LogP contribution in [0, 0.1) is 0 Å². The maximum absolute atomic E-state index is 13.4. The van der Waals surface area contributed by atoms with Gasteiger partial charge in [-0.2, -0.15) is 0 Å². The van der Waals surface area contributed by atoms with Gasteiger partial charge in [0.2, 0.25) is 0 Å². The van der Waals surface area contributed by atoms with Gasteiger partial charge in [-0.25, -0.2) is 0 Å². The summed E-state index contributed by atoms with van der Waals surface area (Å²) in [6, 6.07) is 17.7. The van der Waals surface area contributed by atoms with Gasteiger partial charge in [0.1, 0.15) is 11.6 Å². The van der Waals surface area contributed by atoms with E-state index in [1.807, 2.05) is 66.1 Å². The summed E-state index contributed by atoms with van der Waals surface area (Å²) in [6.45, 7) is 2.80. The second-order valence-electron chi connectivity index (χ2n) is 5.92. The van der Waals surface area contributed by atoms with Crippen LogP contribution in [0.3, 0.4) is 0 Å². The monoisotopic (exact) mass is 362 g/mol. The number of aromatic amines is 1. The van der Waals surface area contributed by atoms with Crippen molar-refractivity contribution in [1.29, 1.82) is 0 Å². The smallest absolute Gasteiger partial charge is 0.192 e. The number of aromatic nitrogens is 4. The third kappa shape index (κ3) is 3.04. The number of nitrogens with one attached hydrogen (secondary N) is 1. The van der Waals surface area contributed by atoms with Crippen LogP contribution in [0.15, 0.2) is 72.3 Å². The molecule has 0 spiro atoms. The van der Waals surface area contributed by atoms with E-state index in [9.17, 15) is 4.79 Å². The summed E-state index contributed by atoms with van der Waals surface area (Å²) in [6.07, 6.45) is 3.49. The van der Waals surface area contributed by atoms with Gasteiger partial charge >= 0.3 is 0 Å². The normalized spacial score (nSPS) is 12.3. The molecular weight excluding hydrogens is 344 g/mol. The SMILES string of the molecule is CCn1cnnc1S[C@@H](C(=O)c1c[nH]c2ccccc12)c1ccccc1. The van der Waals surface area contributed by atoms with Crippen molar-refractivity contribution in [3.63, 3.8) is 0 Å². The molecule has 4 rings (SSSR count). The minimum absolute atomic E-state index is 0.0595. The van der Waals surface area contributed by atoms with E-state index < -0.39 is 0 Å². The number of rotatable bonds is 6. The third-order valence-electron chi connectivity index (χ3n) is 4.34. The number of hydrogen-bond acceptors (Lipinski definition) is 4. The Morgan fingerprint density at radius 1 is 1.15 bits per heavy atom. The molecule has 0 aliphatic carbocycles. The van der Waals surface area contributed by atoms with Crippen molar-refractivity contribution in [2.24, 2.45) is 0 Å². The van der Waals surface area contributed by atoms with Gasteiger partial charge in [-0.1, -0.05) is 60.3 Å². The Morgan fingerprint density at radius 3 is 2.73 bits per heavy atom. The van der Waals surface area contributed by atoms with E-state index in [-0.39, 0.29) is 11.0 Å². The van der Waals surface area contributed by atoms with Crippen LogP contribution in [0.2, 0.25) is 0 Å². The Hall–Kier alpha value is -2.86. The van der Waals surface area contributed by atoms with E-state index in [4.69, 9.17) is 0 Å². The molecule has 0 bridgehead atoms. The number of ketones is 1. The highest BCUT2D eigenvalue weighted by atomic mass is 32.2. The number of aryl methyl sites for hydroxylation is 1. The van der Waals surface area contributed by atoms with Crippen molar-refractivity contribution in [3.05, 3.63) is 78.2 Å². The predicted octanol–water partition coefficient (Wildman–Crippen LogP) is 4.50. The van der Waals surface area contributed by atoms with Crippen LogP contribution in [0.1, 0.15) is 28.1 Å². The molecule has 1 atom stereocenters. The van der Waals surface area contributed by atoms with Crippen molar-refractivity contribution in [2.75, 3.05) is 0 Å². The maximum Gasteiger partial charge on any atom is 0.192 e. The van der Waals surface area contributed by atoms with Crippen molar-refractivity contribution in [1.82, 2.24) is 19.7 Å². The lowest BCUT2D eigenvalue weighted by Crippen LogP contribution is -2.11. The highest BCUT2D eigenvalue weighted by Crippen LogP contribution is 2.38. The summed E-state index contributed by atoms with van der Waals surface area (Å²) in [4.78, 5) is 16.6. The largest absolute Gasteiger partial charge is 0.360 e. The fourth-order valence-electron chi connectivity index (χ4n) is 2.98. The number of nitrogens with zero attached hydrogens (tertiary/aromatic N) is 3. The topological polar surface area (TPSA) is 63.6 Å². The van der Waals surface area contributed by atoms with E-state index in [0.717, 1.165) is 28.2 Å². The van der Waals surface area contributed by atoms with Gasteiger partial charge < -0.3 is 9.55 Å². The highest BCUT2D eigenvalue weighted by molar-refractivity contribution is 8.00. The van der Waals surface area contributed by atoms with Gasteiger partial charge in [-0.3, -0.25) is 4.79 Å². The van der Waals surface area contributed by atoms with Crippen LogP contribution >= 0.6 is 11.8 Å². The highest BCUT2D eigenvalue weighted by Gasteiger charge is 2.27. The minimum Gasteiger partial charge on any atom is -0.360 e. The van der Waals surface area contributed by atoms with E-state index in [2.05, 4.69) is 15.2 Å². The molecule has 26 heavy (non-hydrogen) atoms. The van der Waals surface area contributed by atoms with Crippen LogP contribution in [-0.2, 0) is 6.54 Å². The number of fused-ring (bicyclic) bond motifs is 1. The van der Waals surface area contributed by atoms with Crippen molar-refractivity contribution >= 4 is 28.4 Å². The number of para-hydroxylation sites is 1. The lowest BCUT2D eigenvalue weighted by atomic mass is 10.0. The van der Waals surface area contributed by atoms with Gasteiger partial charge in [0.25, 0.3) is 0 Å². The molecule has 0 amide bonds. The summed E-state index contributed by atoms with van der Waals surface area (Å²) >= 11 is 1.44. The van der Waals surface area contributed by atoms with Gasteiger partial charge in [-0.05, 0) is 18.6 Å². The lowest BCUT2D eigenvalue weighted by Gasteiger charge is -2.15. The molecular formula is C20H18N4OS. The maximum atomic E-state index is 13.4. The van der Waals surface area contributed by atoms with Gasteiger partial charge in [0.15, 0.2) is 10.9 Å². The first-order valence-electron chi connectivity index (χ1n) is 8.47. The molecule has 2 heterocycles. The van der Waals surface area contributed by atoms with Crippen LogP contribution in [-0.4, -0.2) is 25.5 Å². The molecule has 5 nitrogen and oxygen atoms in total. The average Bonchev–Trinajstić information content (AvgIpc) is 3.32. The molecule has 1 N–H and O–H groups in total. The minimum atomic E-state index is -0.384. The Balaban J connectivity index is 1.76. The molecule has 0 radical (unpaired) electrons. The van der Waals surface area contributed by atoms with E-state index >= 15 is 0 Å². The molecule has 4 aromatic rings. The van der Waals surface area contributed by atoms with Crippen LogP contribution in [0.5, 0.6) is 0 Å². The van der Waals surface area contributed by atoms with E-state index in [1.54, 1.807) is 12.5 Å². The Labute approximate surface area is 155 Å². The van der Waals surface area contributed by atoms with Crippen LogP contribution in [0.4, 0.5) is 0 Å². The summed E-state index contributed by atoms with van der Waals surface area (Å²) in [7, 11) is 0. The Kier molecular flexibility index (Phi) is 4.58. The van der Waals surface area contributed by atoms with Gasteiger partial charge in [0, 0.05) is 29.2 Å². The van der Waals surface area contributed by atoms with E-state index in [0.29, 0.717) is 5.56 Å². The second-order valence-corrected chi connectivity index (χ2v) is 6.99. The molecule has 0 saturated carbocycles. The molecule has 2 aromatic heterocycles. The first-order chi connectivity index (χ1) is 12.8. The van der Waals surface area contributed by atoms with Crippen molar-refractivity contribution in [3.8, 4) is 0 Å². The number of carbonyl (C=O) groups excluding carboxylic acids is 1. The van der Waals surface area contributed by atoms with Gasteiger partial charge in [-0.15, -0.1) is 10.2 Å². The first kappa shape index (κ1) is 16.6. The molecule has 0 aliphatic rings. The zero-order chi connectivity index (χ0) is 17.9. The average molecular weight is 362 g/mol. The molecule has 0 fully saturated rings. The number of benzene rings is 2. The molecule has 0 unspecified atom stereocenters. The fourth-order valence-corrected chi connectivity index (χ4v) is 4.12. The summed E-state index contributed by atoms with van der Waals surface area (Å²) in [5.74, 6) is 0.0595. The Bertz CT molecular complexity index is 1040. The standard InChI is InChI=1S/C20H18N4OS/c1-2-24-13-22-23-20(24)26-19(14-8-4-3-5-9-14)18(25)16-12-21-17-11-7-6-10-15(16)17/h3-13,19,21H,2H2,1H3/t19-/m1/s1. The van der Waals surface area contributed by atoms with E-state index in [1.165, 1.54) is 11.8 Å². The fraction of sp³-hybridized carbons (Fsp3) is 0.150. The summed E-state index contributed by atoms with van der Waals surface area (Å²) in [5.41, 5.74) is 2.62. The molecule has 0 aliphatic heterocycles. The van der Waals surface area contributed by atoms with Crippen molar-refractivity contribution < 1.29 is 4.79 Å². The predicted molar refractivity (Wildman–Crippen MR) is 103 cm³/mol. The molecule has 2 aromatic carbocycles. The summed E-state index contributed by atoms with van der Waals surface area (Å²) < 4.78 is 1.95. The van der Waals surface area contributed by atoms with Gasteiger partial charge in [0.05, 0.1) is 0 Å². The number of thioether (sulfide) groups is 1. The lowest BCUT2D eigenvalue weighted by molar-refractivity contribution is 0.0991. The molecule has 0 saturated heterocycles. The number of hydrogen-bond donors (Lipinski definition) is 1. The summed E-state index contributed by atoms with van der Waals surface area (Å²) in [5, 5.41) is 9.48. The zero-order valence-corrected chi connectivity index (χ0v) is 15.1. The number of Topliss-reactive ketones (excluding diaryl/α,β-unsaturated/α-hetero) is 1. The molecule has 130 valence electrons. The Morgan fingerprint density at radius 2 is 1.92 bits per heavy atom. The van der Waals surface area contributed by atoms with Crippen molar-refractivity contribution in [2.45, 2.75) is 23.9 Å². The van der Waals surface area contributed by atoms with Crippen LogP contribution in [0.25, 0.3) is 10.9 Å². The first-order valence-corrected chi connectivity index (χ1v) is 9.35. The second kappa shape index (κ2) is 7.17. The number of H-pyrrole nitrogens is 1. The zero-order valence-electron chi connectivity index (χ0n) is 14.3. The van der Waals surface area contributed by atoms with Crippen LogP contribution < -0.4 is 0 Å². The number of carbonyl (C=O) groups is 1. The third-order valence-corrected chi connectivity index (χ3v) is 5.59. The quantitative estimate of drug-likeness (QED) is 0.405.